The monoisotopic (exact) mass is 356 g/mol. The van der Waals surface area contributed by atoms with Crippen molar-refractivity contribution in [3.05, 3.63) is 29.3 Å². The molecule has 0 bridgehead atoms. The van der Waals surface area contributed by atoms with Crippen LogP contribution in [0.15, 0.2) is 18.2 Å². The van der Waals surface area contributed by atoms with Crippen LogP contribution in [0.2, 0.25) is 0 Å². The molecule has 1 heterocycles. The summed E-state index contributed by atoms with van der Waals surface area (Å²) in [6.07, 6.45) is 0. The van der Waals surface area contributed by atoms with Crippen LogP contribution in [0, 0.1) is 13.8 Å². The van der Waals surface area contributed by atoms with Crippen molar-refractivity contribution in [2.45, 2.75) is 13.8 Å². The Bertz CT molecular complexity index is 625. The summed E-state index contributed by atoms with van der Waals surface area (Å²) in [5, 5.41) is 0. The Labute approximate surface area is 145 Å². The first kappa shape index (κ1) is 19.2. The van der Waals surface area contributed by atoms with Gasteiger partial charge in [0.2, 0.25) is 10.0 Å². The van der Waals surface area contributed by atoms with E-state index in [9.17, 15) is 8.42 Å². The Hall–Kier alpha value is -1.15. The highest BCUT2D eigenvalue weighted by molar-refractivity contribution is 7.89. The van der Waals surface area contributed by atoms with E-state index in [2.05, 4.69) is 36.9 Å². The van der Waals surface area contributed by atoms with E-state index in [1.165, 1.54) is 16.8 Å². The maximum Gasteiger partial charge on any atom is 0.216 e. The van der Waals surface area contributed by atoms with Crippen LogP contribution in [0.1, 0.15) is 11.1 Å². The molecule has 24 heavy (non-hydrogen) atoms. The van der Waals surface area contributed by atoms with Crippen LogP contribution in [0.5, 0.6) is 0 Å². The van der Waals surface area contributed by atoms with Crippen LogP contribution in [0.4, 0.5) is 5.69 Å². The van der Waals surface area contributed by atoms with E-state index >= 15 is 0 Å². The minimum absolute atomic E-state index is 0.0280. The summed E-state index contributed by atoms with van der Waals surface area (Å²) in [5.41, 5.74) is 3.73. The number of hydrogen-bond acceptors (Lipinski definition) is 5. The van der Waals surface area contributed by atoms with Crippen molar-refractivity contribution in [1.82, 2.24) is 4.31 Å². The lowest BCUT2D eigenvalue weighted by Gasteiger charge is -2.36. The Balaban J connectivity index is 1.86. The smallest absolute Gasteiger partial charge is 0.216 e. The molecule has 0 unspecified atom stereocenters. The highest BCUT2D eigenvalue weighted by Crippen LogP contribution is 2.24. The highest BCUT2D eigenvalue weighted by Gasteiger charge is 2.27. The zero-order valence-electron chi connectivity index (χ0n) is 14.8. The molecule has 0 radical (unpaired) electrons. The van der Waals surface area contributed by atoms with Gasteiger partial charge in [-0.05, 0) is 31.0 Å². The Morgan fingerprint density at radius 2 is 1.75 bits per heavy atom. The normalized spacial score (nSPS) is 16.5. The van der Waals surface area contributed by atoms with Crippen molar-refractivity contribution in [1.29, 1.82) is 0 Å². The van der Waals surface area contributed by atoms with E-state index in [1.807, 2.05) is 0 Å². The molecular formula is C17H28N2O4S. The third kappa shape index (κ3) is 4.92. The second kappa shape index (κ2) is 8.80. The SMILES string of the molecule is COCCOCCS(=O)(=O)N1CCN(c2cccc(C)c2C)CC1. The molecular weight excluding hydrogens is 328 g/mol. The fourth-order valence-corrected chi connectivity index (χ4v) is 4.13. The molecule has 1 saturated heterocycles. The van der Waals surface area contributed by atoms with Gasteiger partial charge < -0.3 is 14.4 Å². The number of nitrogens with zero attached hydrogens (tertiary/aromatic N) is 2. The van der Waals surface area contributed by atoms with Gasteiger partial charge in [0, 0.05) is 39.0 Å². The second-order valence-corrected chi connectivity index (χ2v) is 8.11. The first-order valence-electron chi connectivity index (χ1n) is 8.31. The van der Waals surface area contributed by atoms with Crippen molar-refractivity contribution >= 4 is 15.7 Å². The van der Waals surface area contributed by atoms with Crippen LogP contribution in [0.25, 0.3) is 0 Å². The number of hydrogen-bond donors (Lipinski definition) is 0. The molecule has 6 nitrogen and oxygen atoms in total. The van der Waals surface area contributed by atoms with Crippen LogP contribution < -0.4 is 4.90 Å². The van der Waals surface area contributed by atoms with E-state index in [4.69, 9.17) is 9.47 Å². The fourth-order valence-electron chi connectivity index (χ4n) is 2.82. The Kier molecular flexibility index (Phi) is 7.03. The maximum atomic E-state index is 12.4. The first-order chi connectivity index (χ1) is 11.5. The van der Waals surface area contributed by atoms with Crippen molar-refractivity contribution in [2.24, 2.45) is 0 Å². The van der Waals surface area contributed by atoms with Crippen molar-refractivity contribution < 1.29 is 17.9 Å². The molecule has 1 aliphatic rings. The van der Waals surface area contributed by atoms with Gasteiger partial charge in [-0.15, -0.1) is 0 Å². The van der Waals surface area contributed by atoms with Crippen molar-refractivity contribution in [3.63, 3.8) is 0 Å². The number of sulfonamides is 1. The molecule has 136 valence electrons. The summed E-state index contributed by atoms with van der Waals surface area (Å²) < 4.78 is 36.5. The third-order valence-electron chi connectivity index (χ3n) is 4.47. The molecule has 7 heteroatoms. The minimum Gasteiger partial charge on any atom is -0.382 e. The number of piperazine rings is 1. The summed E-state index contributed by atoms with van der Waals surface area (Å²) in [5.74, 6) is 0.0280. The predicted molar refractivity (Wildman–Crippen MR) is 96.2 cm³/mol. The zero-order valence-corrected chi connectivity index (χ0v) is 15.6. The maximum absolute atomic E-state index is 12.4. The quantitative estimate of drug-likeness (QED) is 0.659. The largest absolute Gasteiger partial charge is 0.382 e. The van der Waals surface area contributed by atoms with Gasteiger partial charge in [-0.25, -0.2) is 8.42 Å². The molecule has 0 aromatic heterocycles. The molecule has 0 aliphatic carbocycles. The highest BCUT2D eigenvalue weighted by atomic mass is 32.2. The van der Waals surface area contributed by atoms with Gasteiger partial charge >= 0.3 is 0 Å². The molecule has 0 amide bonds. The zero-order chi connectivity index (χ0) is 17.6. The third-order valence-corrected chi connectivity index (χ3v) is 6.30. The van der Waals surface area contributed by atoms with E-state index in [-0.39, 0.29) is 12.4 Å². The van der Waals surface area contributed by atoms with Crippen LogP contribution in [-0.2, 0) is 19.5 Å². The predicted octanol–water partition coefficient (Wildman–Crippen LogP) is 1.42. The van der Waals surface area contributed by atoms with Crippen LogP contribution in [0.3, 0.4) is 0 Å². The van der Waals surface area contributed by atoms with E-state index in [0.717, 1.165) is 0 Å². The average Bonchev–Trinajstić information content (AvgIpc) is 2.57. The molecule has 1 aliphatic heterocycles. The van der Waals surface area contributed by atoms with Gasteiger partial charge in [-0.3, -0.25) is 0 Å². The Morgan fingerprint density at radius 3 is 2.42 bits per heavy atom. The topological polar surface area (TPSA) is 59.1 Å². The van der Waals surface area contributed by atoms with E-state index in [1.54, 1.807) is 11.4 Å². The van der Waals surface area contributed by atoms with Crippen molar-refractivity contribution in [2.75, 3.05) is 63.8 Å². The van der Waals surface area contributed by atoms with Gasteiger partial charge in [0.25, 0.3) is 0 Å². The molecule has 1 aromatic rings. The molecule has 0 saturated carbocycles. The molecule has 0 spiro atoms. The molecule has 0 N–H and O–H groups in total. The lowest BCUT2D eigenvalue weighted by Crippen LogP contribution is -2.49. The molecule has 1 aromatic carbocycles. The van der Waals surface area contributed by atoms with Gasteiger partial charge in [0.1, 0.15) is 0 Å². The number of aryl methyl sites for hydroxylation is 1. The molecule has 0 atom stereocenters. The average molecular weight is 356 g/mol. The summed E-state index contributed by atoms with van der Waals surface area (Å²) >= 11 is 0. The number of rotatable bonds is 8. The summed E-state index contributed by atoms with van der Waals surface area (Å²) in [4.78, 5) is 2.27. The number of benzene rings is 1. The Morgan fingerprint density at radius 1 is 1.04 bits per heavy atom. The lowest BCUT2D eigenvalue weighted by atomic mass is 10.1. The summed E-state index contributed by atoms with van der Waals surface area (Å²) in [6.45, 7) is 7.81. The molecule has 2 rings (SSSR count). The standard InChI is InChI=1S/C17H28N2O4S/c1-15-5-4-6-17(16(15)2)18-7-9-19(10-8-18)24(20,21)14-13-23-12-11-22-3/h4-6H,7-14H2,1-3H3. The number of ether oxygens (including phenoxy) is 2. The summed E-state index contributed by atoms with van der Waals surface area (Å²) in [6, 6.07) is 6.26. The van der Waals surface area contributed by atoms with E-state index in [0.29, 0.717) is 39.4 Å². The molecule has 1 fully saturated rings. The number of methoxy groups -OCH3 is 1. The minimum atomic E-state index is -3.25. The van der Waals surface area contributed by atoms with Gasteiger partial charge in [-0.1, -0.05) is 12.1 Å². The van der Waals surface area contributed by atoms with Gasteiger partial charge in [-0.2, -0.15) is 4.31 Å². The first-order valence-corrected chi connectivity index (χ1v) is 9.92. The van der Waals surface area contributed by atoms with Crippen molar-refractivity contribution in [3.8, 4) is 0 Å². The van der Waals surface area contributed by atoms with Crippen LogP contribution >= 0.6 is 0 Å². The van der Waals surface area contributed by atoms with Crippen LogP contribution in [-0.4, -0.2) is 71.6 Å². The van der Waals surface area contributed by atoms with E-state index < -0.39 is 10.0 Å². The fraction of sp³-hybridized carbons (Fsp3) is 0.647. The lowest BCUT2D eigenvalue weighted by molar-refractivity contribution is 0.0781. The number of anilines is 1. The second-order valence-electron chi connectivity index (χ2n) is 6.03. The van der Waals surface area contributed by atoms with Gasteiger partial charge in [0.15, 0.2) is 0 Å². The summed E-state index contributed by atoms with van der Waals surface area (Å²) in [7, 11) is -1.66. The van der Waals surface area contributed by atoms with Gasteiger partial charge in [0.05, 0.1) is 25.6 Å².